The molecule has 1 atom stereocenters. The molecule has 0 aliphatic heterocycles. The fourth-order valence-electron chi connectivity index (χ4n) is 1.86. The molecular formula is C14H13BrF3NO2. The molecule has 0 saturated carbocycles. The first kappa shape index (κ1) is 15.8. The van der Waals surface area contributed by atoms with Gasteiger partial charge in [-0.3, -0.25) is 0 Å². The zero-order valence-electron chi connectivity index (χ0n) is 11.1. The van der Waals surface area contributed by atoms with Crippen molar-refractivity contribution in [2.75, 3.05) is 5.32 Å². The van der Waals surface area contributed by atoms with E-state index in [0.29, 0.717) is 12.1 Å². The maximum Gasteiger partial charge on any atom is 0.573 e. The Hall–Kier alpha value is -1.63. The van der Waals surface area contributed by atoms with E-state index in [2.05, 4.69) is 26.0 Å². The van der Waals surface area contributed by atoms with Crippen LogP contribution in [0.1, 0.15) is 12.7 Å². The van der Waals surface area contributed by atoms with Crippen LogP contribution in [0.4, 0.5) is 18.9 Å². The summed E-state index contributed by atoms with van der Waals surface area (Å²) in [5, 5.41) is 3.18. The molecule has 7 heteroatoms. The average molecular weight is 364 g/mol. The van der Waals surface area contributed by atoms with Gasteiger partial charge in [-0.05, 0) is 53.2 Å². The van der Waals surface area contributed by atoms with Crippen LogP contribution in [0.5, 0.6) is 5.75 Å². The second-order valence-corrected chi connectivity index (χ2v) is 5.38. The summed E-state index contributed by atoms with van der Waals surface area (Å²) in [6, 6.07) is 8.08. The lowest BCUT2D eigenvalue weighted by Gasteiger charge is -2.16. The van der Waals surface area contributed by atoms with Crippen LogP contribution in [0, 0.1) is 0 Å². The Morgan fingerprint density at radius 2 is 2.10 bits per heavy atom. The highest BCUT2D eigenvalue weighted by Crippen LogP contribution is 2.32. The molecule has 114 valence electrons. The Kier molecular flexibility index (Phi) is 4.82. The molecule has 0 spiro atoms. The van der Waals surface area contributed by atoms with Gasteiger partial charge in [0.15, 0.2) is 0 Å². The van der Waals surface area contributed by atoms with Crippen LogP contribution < -0.4 is 10.1 Å². The third kappa shape index (κ3) is 5.00. The van der Waals surface area contributed by atoms with E-state index in [4.69, 9.17) is 4.42 Å². The number of anilines is 1. The van der Waals surface area contributed by atoms with E-state index < -0.39 is 6.36 Å². The highest BCUT2D eigenvalue weighted by Gasteiger charge is 2.31. The lowest BCUT2D eigenvalue weighted by atomic mass is 10.2. The monoisotopic (exact) mass is 363 g/mol. The molecule has 1 heterocycles. The molecule has 0 saturated heterocycles. The summed E-state index contributed by atoms with van der Waals surface area (Å²) in [6.07, 6.45) is -2.43. The van der Waals surface area contributed by atoms with Crippen LogP contribution in [-0.2, 0) is 6.42 Å². The molecule has 21 heavy (non-hydrogen) atoms. The summed E-state index contributed by atoms with van der Waals surface area (Å²) >= 11 is 3.07. The quantitative estimate of drug-likeness (QED) is 0.812. The van der Waals surface area contributed by atoms with Gasteiger partial charge in [-0.2, -0.15) is 0 Å². The summed E-state index contributed by atoms with van der Waals surface area (Å²) in [6.45, 7) is 1.95. The van der Waals surface area contributed by atoms with Crippen LogP contribution >= 0.6 is 15.9 Å². The molecule has 0 radical (unpaired) electrons. The SMILES string of the molecule is CC(Cc1ccco1)Nc1ccc(OC(F)(F)F)c(Br)c1. The van der Waals surface area contributed by atoms with Gasteiger partial charge in [0.25, 0.3) is 0 Å². The van der Waals surface area contributed by atoms with Gasteiger partial charge in [-0.15, -0.1) is 13.2 Å². The van der Waals surface area contributed by atoms with Crippen LogP contribution in [0.15, 0.2) is 45.5 Å². The molecule has 0 bridgehead atoms. The van der Waals surface area contributed by atoms with Gasteiger partial charge in [-0.1, -0.05) is 0 Å². The highest BCUT2D eigenvalue weighted by atomic mass is 79.9. The van der Waals surface area contributed by atoms with Gasteiger partial charge < -0.3 is 14.5 Å². The third-order valence-electron chi connectivity index (χ3n) is 2.66. The number of halogens is 4. The first-order chi connectivity index (χ1) is 9.83. The first-order valence-electron chi connectivity index (χ1n) is 6.18. The molecule has 0 aliphatic rings. The molecule has 1 aromatic heterocycles. The standard InChI is InChI=1S/C14H13BrF3NO2/c1-9(7-11-3-2-6-20-11)19-10-4-5-13(12(15)8-10)21-14(16,17)18/h2-6,8-9,19H,7H2,1H3. The minimum atomic E-state index is -4.70. The molecule has 1 unspecified atom stereocenters. The van der Waals surface area contributed by atoms with E-state index in [9.17, 15) is 13.2 Å². The van der Waals surface area contributed by atoms with Gasteiger partial charge in [0.1, 0.15) is 11.5 Å². The van der Waals surface area contributed by atoms with Crippen molar-refractivity contribution in [3.63, 3.8) is 0 Å². The van der Waals surface area contributed by atoms with Gasteiger partial charge in [0.2, 0.25) is 0 Å². The van der Waals surface area contributed by atoms with Crippen LogP contribution in [0.25, 0.3) is 0 Å². The number of hydrogen-bond acceptors (Lipinski definition) is 3. The summed E-state index contributed by atoms with van der Waals surface area (Å²) < 4.78 is 45.9. The number of benzene rings is 1. The summed E-state index contributed by atoms with van der Waals surface area (Å²) in [5.74, 6) is 0.567. The maximum atomic E-state index is 12.2. The van der Waals surface area contributed by atoms with Crippen LogP contribution in [0.3, 0.4) is 0 Å². The number of alkyl halides is 3. The lowest BCUT2D eigenvalue weighted by molar-refractivity contribution is -0.274. The van der Waals surface area contributed by atoms with Crippen molar-refractivity contribution in [1.82, 2.24) is 0 Å². The molecule has 1 N–H and O–H groups in total. The van der Waals surface area contributed by atoms with Gasteiger partial charge >= 0.3 is 6.36 Å². The predicted molar refractivity (Wildman–Crippen MR) is 76.3 cm³/mol. The molecule has 0 aliphatic carbocycles. The largest absolute Gasteiger partial charge is 0.573 e. The summed E-state index contributed by atoms with van der Waals surface area (Å²) in [7, 11) is 0. The van der Waals surface area contributed by atoms with Crippen molar-refractivity contribution in [2.24, 2.45) is 0 Å². The van der Waals surface area contributed by atoms with Crippen molar-refractivity contribution in [3.8, 4) is 5.75 Å². The molecule has 0 fully saturated rings. The van der Waals surface area contributed by atoms with E-state index in [1.54, 1.807) is 12.3 Å². The van der Waals surface area contributed by atoms with Crippen molar-refractivity contribution >= 4 is 21.6 Å². The normalized spacial score (nSPS) is 13.0. The number of nitrogens with one attached hydrogen (secondary N) is 1. The topological polar surface area (TPSA) is 34.4 Å². The van der Waals surface area contributed by atoms with Gasteiger partial charge in [-0.25, -0.2) is 0 Å². The Bertz CT molecular complexity index is 584. The smallest absolute Gasteiger partial charge is 0.469 e. The Labute approximate surface area is 128 Å². The molecule has 2 aromatic rings. The number of rotatable bonds is 5. The lowest BCUT2D eigenvalue weighted by Crippen LogP contribution is -2.19. The molecule has 1 aromatic carbocycles. The van der Waals surface area contributed by atoms with E-state index in [-0.39, 0.29) is 16.3 Å². The van der Waals surface area contributed by atoms with E-state index >= 15 is 0 Å². The van der Waals surface area contributed by atoms with Crippen molar-refractivity contribution in [1.29, 1.82) is 0 Å². The molecular weight excluding hydrogens is 351 g/mol. The third-order valence-corrected chi connectivity index (χ3v) is 3.28. The second kappa shape index (κ2) is 6.43. The minimum Gasteiger partial charge on any atom is -0.469 e. The van der Waals surface area contributed by atoms with Crippen molar-refractivity contribution < 1.29 is 22.3 Å². The summed E-state index contributed by atoms with van der Waals surface area (Å²) in [5.41, 5.74) is 0.690. The number of ether oxygens (including phenoxy) is 1. The second-order valence-electron chi connectivity index (χ2n) is 4.52. The van der Waals surface area contributed by atoms with Gasteiger partial charge in [0, 0.05) is 18.2 Å². The maximum absolute atomic E-state index is 12.2. The molecule has 2 rings (SSSR count). The fraction of sp³-hybridized carbons (Fsp3) is 0.286. The number of furan rings is 1. The van der Waals surface area contributed by atoms with Crippen LogP contribution in [0.2, 0.25) is 0 Å². The minimum absolute atomic E-state index is 0.0671. The molecule has 3 nitrogen and oxygen atoms in total. The summed E-state index contributed by atoms with van der Waals surface area (Å²) in [4.78, 5) is 0. The Balaban J connectivity index is 1.99. The molecule has 0 amide bonds. The predicted octanol–water partition coefficient (Wildman–Crippen LogP) is 4.98. The van der Waals surface area contributed by atoms with E-state index in [1.165, 1.54) is 12.1 Å². The fourth-order valence-corrected chi connectivity index (χ4v) is 2.32. The Morgan fingerprint density at radius 1 is 1.33 bits per heavy atom. The Morgan fingerprint density at radius 3 is 2.67 bits per heavy atom. The zero-order chi connectivity index (χ0) is 15.5. The van der Waals surface area contributed by atoms with Crippen molar-refractivity contribution in [2.45, 2.75) is 25.7 Å². The number of hydrogen-bond donors (Lipinski definition) is 1. The van der Waals surface area contributed by atoms with Crippen LogP contribution in [-0.4, -0.2) is 12.4 Å². The van der Waals surface area contributed by atoms with E-state index in [0.717, 1.165) is 5.76 Å². The highest BCUT2D eigenvalue weighted by molar-refractivity contribution is 9.10. The van der Waals surface area contributed by atoms with E-state index in [1.807, 2.05) is 19.1 Å². The zero-order valence-corrected chi connectivity index (χ0v) is 12.7. The van der Waals surface area contributed by atoms with Gasteiger partial charge in [0.05, 0.1) is 10.7 Å². The average Bonchev–Trinajstić information content (AvgIpc) is 2.84. The van der Waals surface area contributed by atoms with Crippen molar-refractivity contribution in [3.05, 3.63) is 46.8 Å². The first-order valence-corrected chi connectivity index (χ1v) is 6.97.